The first kappa shape index (κ1) is 15.0. The third kappa shape index (κ3) is 3.03. The maximum absolute atomic E-state index is 12.7. The summed E-state index contributed by atoms with van der Waals surface area (Å²) in [6, 6.07) is 16.3. The van der Waals surface area contributed by atoms with Crippen LogP contribution < -0.4 is 10.6 Å². The first-order chi connectivity index (χ1) is 10.6. The molecule has 0 saturated heterocycles. The molecule has 0 aliphatic heterocycles. The average Bonchev–Trinajstić information content (AvgIpc) is 2.59. The van der Waals surface area contributed by atoms with Gasteiger partial charge in [-0.1, -0.05) is 0 Å². The zero-order valence-corrected chi connectivity index (χ0v) is 12.2. The second-order valence-electron chi connectivity index (χ2n) is 4.37. The first-order valence-electron chi connectivity index (χ1n) is 6.06. The fourth-order valence-electron chi connectivity index (χ4n) is 1.94. The van der Waals surface area contributed by atoms with E-state index in [2.05, 4.69) is 0 Å². The molecule has 0 unspecified atom stereocenters. The van der Waals surface area contributed by atoms with Gasteiger partial charge in [-0.25, -0.2) is 0 Å². The zero-order chi connectivity index (χ0) is 16.1. The predicted molar refractivity (Wildman–Crippen MR) is 80.0 cm³/mol. The van der Waals surface area contributed by atoms with Crippen molar-refractivity contribution in [2.24, 2.45) is 0 Å². The summed E-state index contributed by atoms with van der Waals surface area (Å²) in [5.74, 6) is 0. The average molecular weight is 302 g/mol. The third-order valence-corrected chi connectivity index (χ3v) is 4.53. The minimum Gasteiger partial charge on any atom is -0.317 e. The highest BCUT2D eigenvalue weighted by molar-refractivity contribution is 7.61. The van der Waals surface area contributed by atoms with Gasteiger partial charge in [0.25, 0.3) is 0 Å². The van der Waals surface area contributed by atoms with Gasteiger partial charge in [-0.15, -0.1) is 0 Å². The van der Waals surface area contributed by atoms with Crippen LogP contribution in [-0.4, -0.2) is 0 Å². The van der Waals surface area contributed by atoms with Crippen molar-refractivity contribution < 1.29 is 4.57 Å². The molecule has 0 aliphatic carbocycles. The van der Waals surface area contributed by atoms with E-state index in [1.54, 1.807) is 0 Å². The number of benzene rings is 2. The van der Waals surface area contributed by atoms with Gasteiger partial charge in [0.15, 0.2) is 0 Å². The molecule has 0 atom stereocenters. The molecule has 0 heterocycles. The van der Waals surface area contributed by atoms with Crippen molar-refractivity contribution in [1.82, 2.24) is 0 Å². The molecule has 0 saturated carbocycles. The Morgan fingerprint density at radius 2 is 0.864 bits per heavy atom. The second kappa shape index (κ2) is 6.39. The van der Waals surface area contributed by atoms with E-state index >= 15 is 0 Å². The fraction of sp³-hybridized carbons (Fsp3) is 0. The molecule has 0 aromatic heterocycles. The van der Waals surface area contributed by atoms with Gasteiger partial charge in [-0.2, -0.15) is 21.0 Å². The topological polar surface area (TPSA) is 112 Å². The summed E-state index contributed by atoms with van der Waals surface area (Å²) in [6.07, 6.45) is 0. The summed E-state index contributed by atoms with van der Waals surface area (Å²) < 4.78 is 12.7. The van der Waals surface area contributed by atoms with E-state index in [1.165, 1.54) is 36.4 Å². The summed E-state index contributed by atoms with van der Waals surface area (Å²) >= 11 is 0. The van der Waals surface area contributed by atoms with E-state index in [4.69, 9.17) is 21.0 Å². The van der Waals surface area contributed by atoms with Crippen LogP contribution in [0.5, 0.6) is 0 Å². The lowest BCUT2D eigenvalue weighted by Crippen LogP contribution is -2.09. The monoisotopic (exact) mass is 302 g/mol. The molecule has 0 radical (unpaired) electrons. The van der Waals surface area contributed by atoms with Crippen LogP contribution in [0.2, 0.25) is 0 Å². The lowest BCUT2D eigenvalue weighted by molar-refractivity contribution is 0.598. The van der Waals surface area contributed by atoms with Gasteiger partial charge in [0.1, 0.15) is 7.80 Å². The Balaban J connectivity index is 2.59. The summed E-state index contributed by atoms with van der Waals surface area (Å²) in [5.41, 5.74) is 0.961. The Morgan fingerprint density at radius 1 is 0.591 bits per heavy atom. The van der Waals surface area contributed by atoms with Crippen molar-refractivity contribution >= 4 is 18.4 Å². The predicted octanol–water partition coefficient (Wildman–Crippen LogP) is 1.68. The molecule has 2 rings (SSSR count). The fourth-order valence-corrected chi connectivity index (χ4v) is 3.42. The molecule has 6 heteroatoms. The smallest absolute Gasteiger partial charge is 0.132 e. The Kier molecular flexibility index (Phi) is 4.36. The van der Waals surface area contributed by atoms with E-state index in [0.717, 1.165) is 0 Å². The van der Waals surface area contributed by atoms with Gasteiger partial charge in [0.05, 0.1) is 46.5 Å². The zero-order valence-electron chi connectivity index (χ0n) is 11.2. The standard InChI is InChI=1S/C16H7N4OP/c17-7-11-1-12(8-18)4-15(3-11)22(21)16-5-13(9-19)2-14(6-16)10-20/h1-6,22H. The Bertz CT molecular complexity index is 810. The summed E-state index contributed by atoms with van der Waals surface area (Å²) in [5, 5.41) is 36.5. The van der Waals surface area contributed by atoms with Crippen molar-refractivity contribution in [3.63, 3.8) is 0 Å². The molecule has 22 heavy (non-hydrogen) atoms. The molecule has 0 aliphatic rings. The molecular formula is C16H7N4OP. The van der Waals surface area contributed by atoms with Crippen LogP contribution >= 0.6 is 7.80 Å². The summed E-state index contributed by atoms with van der Waals surface area (Å²) in [7, 11) is -2.53. The molecular weight excluding hydrogens is 295 g/mol. The van der Waals surface area contributed by atoms with E-state index in [9.17, 15) is 4.57 Å². The normalized spacial score (nSPS) is 9.32. The molecule has 2 aromatic rings. The molecule has 102 valence electrons. The van der Waals surface area contributed by atoms with Crippen molar-refractivity contribution in [1.29, 1.82) is 21.0 Å². The highest BCUT2D eigenvalue weighted by atomic mass is 31.1. The molecule has 2 aromatic carbocycles. The number of nitrogens with zero attached hydrogens (tertiary/aromatic N) is 4. The lowest BCUT2D eigenvalue weighted by atomic mass is 10.1. The van der Waals surface area contributed by atoms with Crippen LogP contribution in [0.25, 0.3) is 0 Å². The van der Waals surface area contributed by atoms with Gasteiger partial charge in [-0.05, 0) is 36.4 Å². The highest BCUT2D eigenvalue weighted by Crippen LogP contribution is 2.22. The quantitative estimate of drug-likeness (QED) is 0.783. The molecule has 0 N–H and O–H groups in total. The van der Waals surface area contributed by atoms with Crippen molar-refractivity contribution in [2.45, 2.75) is 0 Å². The summed E-state index contributed by atoms with van der Waals surface area (Å²) in [4.78, 5) is 0. The number of nitriles is 4. The van der Waals surface area contributed by atoms with Crippen molar-refractivity contribution in [2.75, 3.05) is 0 Å². The largest absolute Gasteiger partial charge is 0.317 e. The van der Waals surface area contributed by atoms with Gasteiger partial charge in [0.2, 0.25) is 0 Å². The molecule has 0 bridgehead atoms. The van der Waals surface area contributed by atoms with Crippen molar-refractivity contribution in [3.05, 3.63) is 58.7 Å². The molecule has 0 fully saturated rings. The van der Waals surface area contributed by atoms with Gasteiger partial charge < -0.3 is 4.57 Å². The van der Waals surface area contributed by atoms with Gasteiger partial charge in [0, 0.05) is 10.6 Å². The van der Waals surface area contributed by atoms with Crippen molar-refractivity contribution in [3.8, 4) is 24.3 Å². The Morgan fingerprint density at radius 3 is 1.09 bits per heavy atom. The lowest BCUT2D eigenvalue weighted by Gasteiger charge is -2.05. The minimum absolute atomic E-state index is 0.240. The number of hydrogen-bond acceptors (Lipinski definition) is 5. The number of rotatable bonds is 2. The Labute approximate surface area is 127 Å². The van der Waals surface area contributed by atoms with Crippen LogP contribution in [0.15, 0.2) is 36.4 Å². The van der Waals surface area contributed by atoms with E-state index in [0.29, 0.717) is 10.6 Å². The third-order valence-electron chi connectivity index (χ3n) is 2.91. The summed E-state index contributed by atoms with van der Waals surface area (Å²) in [6.45, 7) is 0. The molecule has 0 amide bonds. The number of hydrogen-bond donors (Lipinski definition) is 0. The highest BCUT2D eigenvalue weighted by Gasteiger charge is 2.12. The first-order valence-corrected chi connectivity index (χ1v) is 7.47. The Hall–Kier alpha value is -3.37. The van der Waals surface area contributed by atoms with E-state index < -0.39 is 7.80 Å². The van der Waals surface area contributed by atoms with E-state index in [-0.39, 0.29) is 22.3 Å². The van der Waals surface area contributed by atoms with Crippen LogP contribution in [-0.2, 0) is 4.57 Å². The van der Waals surface area contributed by atoms with Gasteiger partial charge >= 0.3 is 0 Å². The second-order valence-corrected chi connectivity index (χ2v) is 6.19. The van der Waals surface area contributed by atoms with Gasteiger partial charge in [-0.3, -0.25) is 0 Å². The van der Waals surface area contributed by atoms with Crippen LogP contribution in [0, 0.1) is 45.3 Å². The maximum Gasteiger partial charge on any atom is 0.132 e. The van der Waals surface area contributed by atoms with Crippen LogP contribution in [0.3, 0.4) is 0 Å². The molecule has 0 spiro atoms. The molecule has 5 nitrogen and oxygen atoms in total. The van der Waals surface area contributed by atoms with Crippen LogP contribution in [0.1, 0.15) is 22.3 Å². The SMILES string of the molecule is N#Cc1cc(C#N)cc([PH](=O)c2cc(C#N)cc(C#N)c2)c1. The minimum atomic E-state index is -2.53. The van der Waals surface area contributed by atoms with E-state index in [1.807, 2.05) is 24.3 Å². The van der Waals surface area contributed by atoms with Crippen LogP contribution in [0.4, 0.5) is 0 Å². The maximum atomic E-state index is 12.7.